The Balaban J connectivity index is 2.18. The van der Waals surface area contributed by atoms with Gasteiger partial charge in [-0.2, -0.15) is 0 Å². The summed E-state index contributed by atoms with van der Waals surface area (Å²) in [7, 11) is 0. The number of imidazole rings is 1. The highest BCUT2D eigenvalue weighted by Gasteiger charge is 2.24. The summed E-state index contributed by atoms with van der Waals surface area (Å²) in [5.74, 6) is 0. The third kappa shape index (κ3) is 1.72. The van der Waals surface area contributed by atoms with E-state index in [0.29, 0.717) is 6.04 Å². The van der Waals surface area contributed by atoms with Gasteiger partial charge in [-0.25, -0.2) is 4.98 Å². The average molecular weight is 191 g/mol. The van der Waals surface area contributed by atoms with E-state index < -0.39 is 0 Å². The number of azide groups is 1. The Labute approximate surface area is 82.4 Å². The van der Waals surface area contributed by atoms with Gasteiger partial charge in [0.25, 0.3) is 0 Å². The van der Waals surface area contributed by atoms with Crippen LogP contribution in [0.5, 0.6) is 0 Å². The minimum atomic E-state index is 0.1000. The van der Waals surface area contributed by atoms with Crippen molar-refractivity contribution in [3.05, 3.63) is 29.2 Å². The summed E-state index contributed by atoms with van der Waals surface area (Å²) < 4.78 is 2.05. The Morgan fingerprint density at radius 1 is 1.43 bits per heavy atom. The monoisotopic (exact) mass is 191 g/mol. The lowest BCUT2D eigenvalue weighted by atomic mass is 9.91. The van der Waals surface area contributed by atoms with Crippen LogP contribution in [0.4, 0.5) is 0 Å². The predicted molar refractivity (Wildman–Crippen MR) is 52.7 cm³/mol. The maximum atomic E-state index is 8.47. The van der Waals surface area contributed by atoms with Crippen molar-refractivity contribution in [2.45, 2.75) is 37.8 Å². The van der Waals surface area contributed by atoms with E-state index in [2.05, 4.69) is 19.6 Å². The maximum absolute atomic E-state index is 8.47. The van der Waals surface area contributed by atoms with E-state index in [1.54, 1.807) is 12.5 Å². The fourth-order valence-corrected chi connectivity index (χ4v) is 2.11. The lowest BCUT2D eigenvalue weighted by Gasteiger charge is -2.28. The average Bonchev–Trinajstić information content (AvgIpc) is 2.72. The van der Waals surface area contributed by atoms with Crippen LogP contribution in [0, 0.1) is 0 Å². The summed E-state index contributed by atoms with van der Waals surface area (Å²) in [6.07, 6.45) is 9.95. The first kappa shape index (κ1) is 9.09. The van der Waals surface area contributed by atoms with Gasteiger partial charge in [0, 0.05) is 23.3 Å². The second kappa shape index (κ2) is 4.15. The zero-order valence-corrected chi connectivity index (χ0v) is 7.95. The third-order valence-electron chi connectivity index (χ3n) is 2.80. The van der Waals surface area contributed by atoms with Crippen molar-refractivity contribution in [1.29, 1.82) is 0 Å². The van der Waals surface area contributed by atoms with E-state index in [1.165, 1.54) is 6.42 Å². The van der Waals surface area contributed by atoms with Crippen molar-refractivity contribution in [3.8, 4) is 0 Å². The summed E-state index contributed by atoms with van der Waals surface area (Å²) in [5, 5.41) is 3.85. The van der Waals surface area contributed by atoms with Crippen LogP contribution in [0.2, 0.25) is 0 Å². The molecule has 0 saturated heterocycles. The molecule has 0 N–H and O–H groups in total. The Bertz CT molecular complexity index is 325. The molecule has 2 rings (SSSR count). The molecule has 14 heavy (non-hydrogen) atoms. The molecule has 0 unspecified atom stereocenters. The van der Waals surface area contributed by atoms with Gasteiger partial charge >= 0.3 is 0 Å². The smallest absolute Gasteiger partial charge is 0.0948 e. The highest BCUT2D eigenvalue weighted by molar-refractivity contribution is 4.90. The molecule has 0 aliphatic heterocycles. The summed E-state index contributed by atoms with van der Waals surface area (Å²) >= 11 is 0. The predicted octanol–water partition coefficient (Wildman–Crippen LogP) is 2.68. The SMILES string of the molecule is [N-]=[N+]=N[C@@H]1CCCC[C@@H]1n1ccnc1. The van der Waals surface area contributed by atoms with E-state index in [-0.39, 0.29) is 6.04 Å². The second-order valence-corrected chi connectivity index (χ2v) is 3.63. The lowest BCUT2D eigenvalue weighted by molar-refractivity contribution is 0.305. The van der Waals surface area contributed by atoms with E-state index in [0.717, 1.165) is 19.3 Å². The molecule has 0 bridgehead atoms. The highest BCUT2D eigenvalue weighted by Crippen LogP contribution is 2.30. The molecule has 1 heterocycles. The molecule has 1 aromatic rings. The lowest BCUT2D eigenvalue weighted by Crippen LogP contribution is -2.25. The van der Waals surface area contributed by atoms with Crippen LogP contribution in [-0.4, -0.2) is 15.6 Å². The van der Waals surface area contributed by atoms with Gasteiger partial charge in [-0.05, 0) is 18.4 Å². The maximum Gasteiger partial charge on any atom is 0.0948 e. The van der Waals surface area contributed by atoms with Gasteiger partial charge in [-0.15, -0.1) is 0 Å². The largest absolute Gasteiger partial charge is 0.334 e. The molecule has 74 valence electrons. The van der Waals surface area contributed by atoms with E-state index in [4.69, 9.17) is 5.53 Å². The first-order valence-electron chi connectivity index (χ1n) is 4.93. The molecular weight excluding hydrogens is 178 g/mol. The summed E-state index contributed by atoms with van der Waals surface area (Å²) in [5.41, 5.74) is 8.47. The van der Waals surface area contributed by atoms with Crippen molar-refractivity contribution >= 4 is 0 Å². The van der Waals surface area contributed by atoms with Crippen LogP contribution in [0.3, 0.4) is 0 Å². The van der Waals surface area contributed by atoms with Crippen LogP contribution in [0.1, 0.15) is 31.7 Å². The molecule has 1 aliphatic carbocycles. The first-order valence-corrected chi connectivity index (χ1v) is 4.93. The molecule has 1 aliphatic rings. The first-order chi connectivity index (χ1) is 6.92. The van der Waals surface area contributed by atoms with Crippen molar-refractivity contribution in [3.63, 3.8) is 0 Å². The molecule has 1 fully saturated rings. The van der Waals surface area contributed by atoms with Crippen LogP contribution >= 0.6 is 0 Å². The van der Waals surface area contributed by atoms with Gasteiger partial charge in [0.2, 0.25) is 0 Å². The summed E-state index contributed by atoms with van der Waals surface area (Å²) in [6, 6.07) is 0.407. The highest BCUT2D eigenvalue weighted by atomic mass is 15.2. The fourth-order valence-electron chi connectivity index (χ4n) is 2.11. The topological polar surface area (TPSA) is 66.6 Å². The molecule has 0 aromatic carbocycles. The van der Waals surface area contributed by atoms with E-state index in [1.807, 2.05) is 6.20 Å². The Morgan fingerprint density at radius 2 is 2.29 bits per heavy atom. The van der Waals surface area contributed by atoms with Crippen molar-refractivity contribution in [2.24, 2.45) is 5.11 Å². The number of rotatable bonds is 2. The Morgan fingerprint density at radius 3 is 3.00 bits per heavy atom. The number of aromatic nitrogens is 2. The van der Waals surface area contributed by atoms with Crippen LogP contribution in [0.25, 0.3) is 10.4 Å². The van der Waals surface area contributed by atoms with Crippen molar-refractivity contribution < 1.29 is 0 Å². The van der Waals surface area contributed by atoms with Crippen LogP contribution in [0.15, 0.2) is 23.8 Å². The number of hydrogen-bond acceptors (Lipinski definition) is 2. The molecule has 0 spiro atoms. The molecule has 2 atom stereocenters. The summed E-state index contributed by atoms with van der Waals surface area (Å²) in [6.45, 7) is 0. The Hall–Kier alpha value is -1.48. The Kier molecular flexibility index (Phi) is 2.70. The standard InChI is InChI=1S/C9H13N5/c10-13-12-8-3-1-2-4-9(8)14-6-5-11-7-14/h5-9H,1-4H2/t8-,9+/m1/s1. The number of hydrogen-bond donors (Lipinski definition) is 0. The molecule has 5 nitrogen and oxygen atoms in total. The van der Waals surface area contributed by atoms with Crippen molar-refractivity contribution in [2.75, 3.05) is 0 Å². The molecule has 1 saturated carbocycles. The van der Waals surface area contributed by atoms with Gasteiger partial charge in [0.1, 0.15) is 0 Å². The normalized spacial score (nSPS) is 26.9. The minimum Gasteiger partial charge on any atom is -0.334 e. The van der Waals surface area contributed by atoms with Gasteiger partial charge in [0.15, 0.2) is 0 Å². The van der Waals surface area contributed by atoms with Gasteiger partial charge in [-0.3, -0.25) is 0 Å². The minimum absolute atomic E-state index is 0.1000. The zero-order chi connectivity index (χ0) is 9.80. The number of nitrogens with zero attached hydrogens (tertiary/aromatic N) is 5. The van der Waals surface area contributed by atoms with E-state index >= 15 is 0 Å². The van der Waals surface area contributed by atoms with E-state index in [9.17, 15) is 0 Å². The van der Waals surface area contributed by atoms with Gasteiger partial charge in [0.05, 0.1) is 12.4 Å². The zero-order valence-electron chi connectivity index (χ0n) is 7.95. The summed E-state index contributed by atoms with van der Waals surface area (Å²) in [4.78, 5) is 6.93. The quantitative estimate of drug-likeness (QED) is 0.402. The molecule has 5 heteroatoms. The van der Waals surface area contributed by atoms with Gasteiger partial charge in [-0.1, -0.05) is 18.0 Å². The van der Waals surface area contributed by atoms with Crippen LogP contribution < -0.4 is 0 Å². The molecular formula is C9H13N5. The third-order valence-corrected chi connectivity index (χ3v) is 2.80. The molecule has 0 amide bonds. The van der Waals surface area contributed by atoms with Gasteiger partial charge < -0.3 is 4.57 Å². The molecule has 1 aromatic heterocycles. The second-order valence-electron chi connectivity index (χ2n) is 3.63. The van der Waals surface area contributed by atoms with Crippen LogP contribution in [-0.2, 0) is 0 Å². The fraction of sp³-hybridized carbons (Fsp3) is 0.667. The molecule has 0 radical (unpaired) electrons. The van der Waals surface area contributed by atoms with Crippen molar-refractivity contribution in [1.82, 2.24) is 9.55 Å².